The number of amides is 1. The molecule has 9 heteroatoms. The molecule has 1 aliphatic heterocycles. The molecule has 4 aromatic rings. The van der Waals surface area contributed by atoms with E-state index in [1.165, 1.54) is 0 Å². The average molecular weight is 481 g/mol. The number of rotatable bonds is 7. The van der Waals surface area contributed by atoms with Crippen LogP contribution in [0.5, 0.6) is 0 Å². The first-order chi connectivity index (χ1) is 17.6. The van der Waals surface area contributed by atoms with Gasteiger partial charge in [0.15, 0.2) is 11.6 Å². The van der Waals surface area contributed by atoms with Crippen LogP contribution in [0, 0.1) is 0 Å². The lowest BCUT2D eigenvalue weighted by Crippen LogP contribution is -2.39. The molecule has 1 aromatic heterocycles. The molecule has 5 rings (SSSR count). The number of nitrogens with one attached hydrogen (secondary N) is 2. The van der Waals surface area contributed by atoms with E-state index in [1.54, 1.807) is 18.0 Å². The zero-order valence-corrected chi connectivity index (χ0v) is 19.6. The maximum Gasteiger partial charge on any atom is 0.354 e. The predicted octanol–water partition coefficient (Wildman–Crippen LogP) is 4.28. The van der Waals surface area contributed by atoms with E-state index in [0.29, 0.717) is 28.6 Å². The molecule has 0 saturated carbocycles. The summed E-state index contributed by atoms with van der Waals surface area (Å²) in [5, 5.41) is 16.3. The fraction of sp³-hybridized carbons (Fsp3) is 0.148. The smallest absolute Gasteiger partial charge is 0.354 e. The van der Waals surface area contributed by atoms with Crippen molar-refractivity contribution in [1.29, 1.82) is 0 Å². The molecule has 1 amide bonds. The lowest BCUT2D eigenvalue weighted by Gasteiger charge is -2.23. The minimum Gasteiger partial charge on any atom is -0.461 e. The van der Waals surface area contributed by atoms with Crippen LogP contribution in [0.1, 0.15) is 13.3 Å². The first kappa shape index (κ1) is 23.0. The number of anilines is 2. The van der Waals surface area contributed by atoms with Crippen LogP contribution in [0.2, 0.25) is 0 Å². The average Bonchev–Trinajstić information content (AvgIpc) is 3.59. The van der Waals surface area contributed by atoms with E-state index in [2.05, 4.69) is 25.6 Å². The van der Waals surface area contributed by atoms with E-state index < -0.39 is 12.0 Å². The quantitative estimate of drug-likeness (QED) is 0.382. The van der Waals surface area contributed by atoms with E-state index in [0.717, 1.165) is 5.56 Å². The molecule has 0 bridgehead atoms. The highest BCUT2D eigenvalue weighted by Gasteiger charge is 2.37. The zero-order chi connectivity index (χ0) is 24.9. The Balaban J connectivity index is 1.41. The van der Waals surface area contributed by atoms with E-state index >= 15 is 0 Å². The van der Waals surface area contributed by atoms with Crippen LogP contribution >= 0.6 is 0 Å². The van der Waals surface area contributed by atoms with Gasteiger partial charge in [-0.25, -0.2) is 9.78 Å². The van der Waals surface area contributed by atoms with E-state index in [4.69, 9.17) is 4.74 Å². The molecule has 1 atom stereocenters. The van der Waals surface area contributed by atoms with Gasteiger partial charge >= 0.3 is 5.97 Å². The highest BCUT2D eigenvalue weighted by molar-refractivity contribution is 6.38. The zero-order valence-electron chi connectivity index (χ0n) is 19.6. The molecule has 9 nitrogen and oxygen atoms in total. The Bertz CT molecular complexity index is 1400. The Kier molecular flexibility index (Phi) is 6.53. The Hall–Kier alpha value is -4.79. The van der Waals surface area contributed by atoms with Crippen molar-refractivity contribution in [3.63, 3.8) is 0 Å². The molecule has 2 N–H and O–H groups in total. The number of aromatic amines is 1. The fourth-order valence-corrected chi connectivity index (χ4v) is 3.98. The SMILES string of the molecule is CCOC(=O)C1=NN(c2ccccc2)C(C(=O)Nc2ccccc2-c2nc(-c3ccccc3)n[nH]2)C1. The summed E-state index contributed by atoms with van der Waals surface area (Å²) < 4.78 is 5.12. The van der Waals surface area contributed by atoms with Crippen molar-refractivity contribution in [2.75, 3.05) is 16.9 Å². The molecule has 1 unspecified atom stereocenters. The molecular formula is C27H24N6O3. The van der Waals surface area contributed by atoms with Crippen LogP contribution in [-0.4, -0.2) is 45.4 Å². The van der Waals surface area contributed by atoms with Crippen LogP contribution in [0.25, 0.3) is 22.8 Å². The lowest BCUT2D eigenvalue weighted by atomic mass is 10.1. The minimum absolute atomic E-state index is 0.127. The summed E-state index contributed by atoms with van der Waals surface area (Å²) in [6.07, 6.45) is 0.127. The number of benzene rings is 3. The van der Waals surface area contributed by atoms with Crippen LogP contribution in [-0.2, 0) is 14.3 Å². The van der Waals surface area contributed by atoms with Gasteiger partial charge in [-0.3, -0.25) is 14.9 Å². The first-order valence-corrected chi connectivity index (χ1v) is 11.6. The summed E-state index contributed by atoms with van der Waals surface area (Å²) in [5.74, 6) is 0.256. The second-order valence-corrected chi connectivity index (χ2v) is 8.08. The number of hydrazone groups is 1. The molecular weight excluding hydrogens is 456 g/mol. The van der Waals surface area contributed by atoms with Crippen LogP contribution < -0.4 is 10.3 Å². The molecule has 3 aromatic carbocycles. The molecule has 0 spiro atoms. The number of hydrogen-bond acceptors (Lipinski definition) is 7. The summed E-state index contributed by atoms with van der Waals surface area (Å²) in [6.45, 7) is 1.96. The Labute approximate surface area is 207 Å². The molecule has 0 saturated heterocycles. The molecule has 0 aliphatic carbocycles. The number of para-hydroxylation sites is 2. The highest BCUT2D eigenvalue weighted by Crippen LogP contribution is 2.29. The van der Waals surface area contributed by atoms with Gasteiger partial charge in [0.1, 0.15) is 11.8 Å². The largest absolute Gasteiger partial charge is 0.461 e. The highest BCUT2D eigenvalue weighted by atomic mass is 16.5. The number of aromatic nitrogens is 3. The summed E-state index contributed by atoms with van der Waals surface area (Å²) >= 11 is 0. The van der Waals surface area contributed by atoms with Crippen molar-refractivity contribution in [2.45, 2.75) is 19.4 Å². The van der Waals surface area contributed by atoms with Gasteiger partial charge in [0.05, 0.1) is 18.0 Å². The van der Waals surface area contributed by atoms with Gasteiger partial charge in [0.2, 0.25) is 5.91 Å². The monoisotopic (exact) mass is 480 g/mol. The minimum atomic E-state index is -0.727. The molecule has 0 radical (unpaired) electrons. The van der Waals surface area contributed by atoms with Gasteiger partial charge in [0.25, 0.3) is 0 Å². The number of H-pyrrole nitrogens is 1. The fourth-order valence-electron chi connectivity index (χ4n) is 3.98. The number of hydrogen-bond donors (Lipinski definition) is 2. The van der Waals surface area contributed by atoms with Gasteiger partial charge in [-0.15, -0.1) is 0 Å². The summed E-state index contributed by atoms with van der Waals surface area (Å²) in [5.41, 5.74) is 3.05. The second-order valence-electron chi connectivity index (χ2n) is 8.08. The summed E-state index contributed by atoms with van der Waals surface area (Å²) in [4.78, 5) is 30.5. The molecule has 1 aliphatic rings. The van der Waals surface area contributed by atoms with Crippen LogP contribution in [0.3, 0.4) is 0 Å². The van der Waals surface area contributed by atoms with Crippen molar-refractivity contribution in [1.82, 2.24) is 15.2 Å². The Morgan fingerprint density at radius 3 is 2.44 bits per heavy atom. The number of esters is 1. The molecule has 180 valence electrons. The molecule has 2 heterocycles. The maximum atomic E-state index is 13.5. The Morgan fingerprint density at radius 1 is 1.00 bits per heavy atom. The molecule has 36 heavy (non-hydrogen) atoms. The van der Waals surface area contributed by atoms with Crippen LogP contribution in [0.4, 0.5) is 11.4 Å². The third-order valence-corrected chi connectivity index (χ3v) is 5.70. The maximum absolute atomic E-state index is 13.5. The number of nitrogens with zero attached hydrogens (tertiary/aromatic N) is 4. The normalized spacial score (nSPS) is 14.9. The van der Waals surface area contributed by atoms with Crippen molar-refractivity contribution in [3.05, 3.63) is 84.9 Å². The van der Waals surface area contributed by atoms with Crippen molar-refractivity contribution in [2.24, 2.45) is 5.10 Å². The van der Waals surface area contributed by atoms with Gasteiger partial charge in [0, 0.05) is 17.5 Å². The van der Waals surface area contributed by atoms with Crippen molar-refractivity contribution < 1.29 is 14.3 Å². The van der Waals surface area contributed by atoms with E-state index in [1.807, 2.05) is 78.9 Å². The summed E-state index contributed by atoms with van der Waals surface area (Å²) in [6, 6.07) is 25.5. The second kappa shape index (κ2) is 10.2. The number of carbonyl (C=O) groups excluding carboxylic acids is 2. The van der Waals surface area contributed by atoms with Gasteiger partial charge in [-0.05, 0) is 31.2 Å². The number of carbonyl (C=O) groups is 2. The third kappa shape index (κ3) is 4.72. The van der Waals surface area contributed by atoms with Gasteiger partial charge in [-0.2, -0.15) is 10.2 Å². The van der Waals surface area contributed by atoms with Crippen molar-refractivity contribution in [3.8, 4) is 22.8 Å². The van der Waals surface area contributed by atoms with Gasteiger partial charge < -0.3 is 10.1 Å². The third-order valence-electron chi connectivity index (χ3n) is 5.70. The lowest BCUT2D eigenvalue weighted by molar-refractivity contribution is -0.135. The Morgan fingerprint density at radius 2 is 1.69 bits per heavy atom. The van der Waals surface area contributed by atoms with Crippen molar-refractivity contribution >= 4 is 29.0 Å². The standard InChI is InChI=1S/C27H24N6O3/c1-2-36-27(35)22-17-23(33(32-22)19-13-7-4-8-14-19)26(34)28-21-16-10-9-15-20(21)25-29-24(30-31-25)18-11-5-3-6-12-18/h3-16,23H,2,17H2,1H3,(H,28,34)(H,29,30,31). The van der Waals surface area contributed by atoms with E-state index in [-0.39, 0.29) is 24.6 Å². The topological polar surface area (TPSA) is 113 Å². The van der Waals surface area contributed by atoms with Gasteiger partial charge in [-0.1, -0.05) is 60.7 Å². The molecule has 0 fully saturated rings. The van der Waals surface area contributed by atoms with E-state index in [9.17, 15) is 9.59 Å². The predicted molar refractivity (Wildman–Crippen MR) is 137 cm³/mol. The first-order valence-electron chi connectivity index (χ1n) is 11.6. The van der Waals surface area contributed by atoms with Crippen LogP contribution in [0.15, 0.2) is 90.0 Å². The summed E-state index contributed by atoms with van der Waals surface area (Å²) in [7, 11) is 0. The number of ether oxygens (including phenoxy) is 1.